The number of sulfonamides is 1. The van der Waals surface area contributed by atoms with Crippen LogP contribution in [-0.2, 0) is 14.8 Å². The van der Waals surface area contributed by atoms with Gasteiger partial charge in [-0.1, -0.05) is 0 Å². The molecule has 0 bridgehead atoms. The third kappa shape index (κ3) is 4.14. The molecule has 0 aromatic rings. The normalized spacial score (nSPS) is 26.4. The van der Waals surface area contributed by atoms with E-state index in [2.05, 4.69) is 10.6 Å². The van der Waals surface area contributed by atoms with Crippen LogP contribution in [0.3, 0.4) is 0 Å². The summed E-state index contributed by atoms with van der Waals surface area (Å²) < 4.78 is 26.0. The van der Waals surface area contributed by atoms with Crippen LogP contribution in [0.2, 0.25) is 0 Å². The molecule has 3 amide bonds. The minimum Gasteiger partial charge on any atom is -0.355 e. The highest BCUT2D eigenvalue weighted by Crippen LogP contribution is 2.31. The van der Waals surface area contributed by atoms with Gasteiger partial charge in [0.15, 0.2) is 0 Å². The van der Waals surface area contributed by atoms with E-state index in [4.69, 9.17) is 0 Å². The van der Waals surface area contributed by atoms with Gasteiger partial charge in [-0.25, -0.2) is 13.2 Å². The summed E-state index contributed by atoms with van der Waals surface area (Å²) in [5, 5.41) is 5.62. The molecule has 2 rings (SSSR count). The number of hydrogen-bond acceptors (Lipinski definition) is 4. The predicted octanol–water partition coefficient (Wildman–Crippen LogP) is -0.422. The predicted molar refractivity (Wildman–Crippen MR) is 86.3 cm³/mol. The zero-order valence-corrected chi connectivity index (χ0v) is 14.8. The van der Waals surface area contributed by atoms with Crippen molar-refractivity contribution in [2.45, 2.75) is 33.2 Å². The Morgan fingerprint density at radius 3 is 2.57 bits per heavy atom. The van der Waals surface area contributed by atoms with Crippen molar-refractivity contribution in [1.29, 1.82) is 0 Å². The molecule has 9 heteroatoms. The lowest BCUT2D eigenvalue weighted by atomic mass is 9.86. The molecule has 0 radical (unpaired) electrons. The van der Waals surface area contributed by atoms with Crippen molar-refractivity contribution in [3.8, 4) is 0 Å². The van der Waals surface area contributed by atoms with E-state index in [-0.39, 0.29) is 43.2 Å². The first-order valence-electron chi connectivity index (χ1n) is 7.97. The van der Waals surface area contributed by atoms with Crippen LogP contribution in [0, 0.1) is 5.41 Å². The molecule has 132 valence electrons. The summed E-state index contributed by atoms with van der Waals surface area (Å²) in [6, 6.07) is -0.213. The van der Waals surface area contributed by atoms with Crippen LogP contribution >= 0.6 is 0 Å². The Morgan fingerprint density at radius 2 is 2.04 bits per heavy atom. The molecular weight excluding hydrogens is 320 g/mol. The molecule has 0 aliphatic carbocycles. The number of nitrogens with zero attached hydrogens (tertiary/aromatic N) is 2. The zero-order valence-electron chi connectivity index (χ0n) is 14.0. The van der Waals surface area contributed by atoms with E-state index in [1.807, 2.05) is 13.8 Å². The summed E-state index contributed by atoms with van der Waals surface area (Å²) in [7, 11) is -3.36. The molecule has 0 unspecified atom stereocenters. The maximum atomic E-state index is 12.4. The van der Waals surface area contributed by atoms with Gasteiger partial charge in [-0.15, -0.1) is 0 Å². The first-order chi connectivity index (χ1) is 10.7. The molecule has 0 aromatic heterocycles. The SMILES string of the molecule is CCS(=O)(=O)N1CCN(C(=O)NC(C)C)C[C@@]2(CNC(=O)C2)C1. The molecule has 23 heavy (non-hydrogen) atoms. The van der Waals surface area contributed by atoms with Crippen molar-refractivity contribution in [3.63, 3.8) is 0 Å². The second kappa shape index (κ2) is 6.64. The Hall–Kier alpha value is -1.35. The van der Waals surface area contributed by atoms with Gasteiger partial charge < -0.3 is 15.5 Å². The average molecular weight is 346 g/mol. The van der Waals surface area contributed by atoms with Crippen molar-refractivity contribution in [3.05, 3.63) is 0 Å². The Balaban J connectivity index is 2.25. The summed E-state index contributed by atoms with van der Waals surface area (Å²) in [6.07, 6.45) is 0.244. The van der Waals surface area contributed by atoms with E-state index in [0.29, 0.717) is 19.6 Å². The summed E-state index contributed by atoms with van der Waals surface area (Å²) in [4.78, 5) is 25.7. The quantitative estimate of drug-likeness (QED) is 0.725. The highest BCUT2D eigenvalue weighted by atomic mass is 32.2. The number of urea groups is 1. The van der Waals surface area contributed by atoms with Crippen LogP contribution in [-0.4, -0.2) is 74.1 Å². The molecule has 2 fully saturated rings. The fourth-order valence-electron chi connectivity index (χ4n) is 3.13. The van der Waals surface area contributed by atoms with Crippen molar-refractivity contribution in [2.24, 2.45) is 5.41 Å². The first-order valence-corrected chi connectivity index (χ1v) is 9.58. The molecule has 1 spiro atoms. The van der Waals surface area contributed by atoms with Gasteiger partial charge in [0.25, 0.3) is 0 Å². The molecule has 1 atom stereocenters. The molecular formula is C14H26N4O4S. The Kier molecular flexibility index (Phi) is 5.20. The van der Waals surface area contributed by atoms with Gasteiger partial charge in [-0.05, 0) is 20.8 Å². The topological polar surface area (TPSA) is 98.8 Å². The lowest BCUT2D eigenvalue weighted by molar-refractivity contribution is -0.119. The van der Waals surface area contributed by atoms with Crippen LogP contribution in [0.15, 0.2) is 0 Å². The molecule has 2 saturated heterocycles. The minimum atomic E-state index is -3.36. The number of hydrogen-bond donors (Lipinski definition) is 2. The molecule has 0 aromatic carbocycles. The fourth-order valence-corrected chi connectivity index (χ4v) is 4.32. The van der Waals surface area contributed by atoms with Gasteiger partial charge in [-0.3, -0.25) is 4.79 Å². The molecule has 2 N–H and O–H groups in total. The third-order valence-corrected chi connectivity index (χ3v) is 6.14. The maximum absolute atomic E-state index is 12.4. The smallest absolute Gasteiger partial charge is 0.317 e. The van der Waals surface area contributed by atoms with Crippen LogP contribution in [0.5, 0.6) is 0 Å². The second-order valence-electron chi connectivity index (χ2n) is 6.71. The number of rotatable bonds is 3. The monoisotopic (exact) mass is 346 g/mol. The number of carbonyl (C=O) groups is 2. The van der Waals surface area contributed by atoms with E-state index < -0.39 is 15.4 Å². The van der Waals surface area contributed by atoms with Crippen molar-refractivity contribution in [2.75, 3.05) is 38.5 Å². The van der Waals surface area contributed by atoms with Gasteiger partial charge in [0.05, 0.1) is 5.75 Å². The van der Waals surface area contributed by atoms with Crippen LogP contribution < -0.4 is 10.6 Å². The van der Waals surface area contributed by atoms with Gasteiger partial charge in [0.2, 0.25) is 15.9 Å². The molecule has 2 aliphatic heterocycles. The van der Waals surface area contributed by atoms with Crippen LogP contribution in [0.4, 0.5) is 4.79 Å². The van der Waals surface area contributed by atoms with E-state index in [9.17, 15) is 18.0 Å². The molecule has 0 saturated carbocycles. The number of carbonyl (C=O) groups excluding carboxylic acids is 2. The van der Waals surface area contributed by atoms with Gasteiger partial charge >= 0.3 is 6.03 Å². The molecule has 2 aliphatic rings. The van der Waals surface area contributed by atoms with Gasteiger partial charge in [0, 0.05) is 50.6 Å². The van der Waals surface area contributed by atoms with Crippen LogP contribution in [0.1, 0.15) is 27.2 Å². The fraction of sp³-hybridized carbons (Fsp3) is 0.857. The highest BCUT2D eigenvalue weighted by molar-refractivity contribution is 7.89. The maximum Gasteiger partial charge on any atom is 0.317 e. The van der Waals surface area contributed by atoms with Crippen molar-refractivity contribution >= 4 is 22.0 Å². The van der Waals surface area contributed by atoms with Crippen molar-refractivity contribution < 1.29 is 18.0 Å². The standard InChI is InChI=1S/C14H26N4O4S/c1-4-23(21,22)18-6-5-17(13(20)16-11(2)3)9-14(10-18)7-12(19)15-8-14/h11H,4-10H2,1-3H3,(H,15,19)(H,16,20)/t14-/m1/s1. The third-order valence-electron chi connectivity index (χ3n) is 4.31. The average Bonchev–Trinajstić information content (AvgIpc) is 2.69. The van der Waals surface area contributed by atoms with Crippen LogP contribution in [0.25, 0.3) is 0 Å². The number of amides is 3. The first kappa shape index (κ1) is 18.0. The van der Waals surface area contributed by atoms with E-state index in [1.54, 1.807) is 11.8 Å². The minimum absolute atomic E-state index is 0.000477. The summed E-state index contributed by atoms with van der Waals surface area (Å²) in [5.41, 5.74) is -0.551. The molecule has 8 nitrogen and oxygen atoms in total. The van der Waals surface area contributed by atoms with E-state index >= 15 is 0 Å². The largest absolute Gasteiger partial charge is 0.355 e. The molecule has 2 heterocycles. The summed E-state index contributed by atoms with van der Waals surface area (Å²) in [6.45, 7) is 6.99. The van der Waals surface area contributed by atoms with Crippen molar-refractivity contribution in [1.82, 2.24) is 19.8 Å². The van der Waals surface area contributed by atoms with Gasteiger partial charge in [0.1, 0.15) is 0 Å². The summed E-state index contributed by atoms with van der Waals surface area (Å²) in [5.74, 6) is -0.0761. The lowest BCUT2D eigenvalue weighted by Gasteiger charge is -2.32. The lowest BCUT2D eigenvalue weighted by Crippen LogP contribution is -2.48. The van der Waals surface area contributed by atoms with E-state index in [1.165, 1.54) is 4.31 Å². The highest BCUT2D eigenvalue weighted by Gasteiger charge is 2.45. The Morgan fingerprint density at radius 1 is 1.35 bits per heavy atom. The summed E-state index contributed by atoms with van der Waals surface area (Å²) >= 11 is 0. The van der Waals surface area contributed by atoms with E-state index in [0.717, 1.165) is 0 Å². The number of nitrogens with one attached hydrogen (secondary N) is 2. The van der Waals surface area contributed by atoms with Gasteiger partial charge in [-0.2, -0.15) is 4.31 Å². The zero-order chi connectivity index (χ0) is 17.3. The second-order valence-corrected chi connectivity index (χ2v) is 8.97. The Bertz CT molecular complexity index is 577. The Labute approximate surface area is 137 Å².